The first-order valence-corrected chi connectivity index (χ1v) is 7.96. The number of aromatic nitrogens is 4. The Hall–Kier alpha value is -3.57. The van der Waals surface area contributed by atoms with Crippen molar-refractivity contribution in [3.8, 4) is 5.75 Å². The molecule has 2 aromatic heterocycles. The van der Waals surface area contributed by atoms with Gasteiger partial charge in [-0.25, -0.2) is 9.78 Å². The number of nitrogens with zero attached hydrogens (tertiary/aromatic N) is 2. The van der Waals surface area contributed by atoms with Crippen LogP contribution >= 0.6 is 0 Å². The lowest BCUT2D eigenvalue weighted by atomic mass is 10.2. The number of ether oxygens (including phenoxy) is 1. The summed E-state index contributed by atoms with van der Waals surface area (Å²) < 4.78 is 41.7. The highest BCUT2D eigenvalue weighted by molar-refractivity contribution is 5.91. The minimum absolute atomic E-state index is 0.0595. The van der Waals surface area contributed by atoms with E-state index in [1.54, 1.807) is 0 Å². The third-order valence-corrected chi connectivity index (χ3v) is 3.74. The number of H-pyrrole nitrogens is 2. The second kappa shape index (κ2) is 7.21. The fourth-order valence-corrected chi connectivity index (χ4v) is 2.50. The van der Waals surface area contributed by atoms with Gasteiger partial charge in [-0.1, -0.05) is 6.07 Å². The van der Waals surface area contributed by atoms with E-state index in [1.165, 1.54) is 19.2 Å². The SMILES string of the molecule is Cn1c(=O)[nH]c(=O)c2[nH]c(CCC(=O)Nc3cccc(OC(F)(F)F)c3)nc21. The minimum atomic E-state index is -4.83. The third-order valence-electron chi connectivity index (χ3n) is 3.74. The van der Waals surface area contributed by atoms with Crippen molar-refractivity contribution in [2.45, 2.75) is 19.2 Å². The van der Waals surface area contributed by atoms with Crippen LogP contribution in [0.1, 0.15) is 12.2 Å². The first-order valence-electron chi connectivity index (χ1n) is 7.96. The molecule has 0 unspecified atom stereocenters. The van der Waals surface area contributed by atoms with Crippen LogP contribution in [0.25, 0.3) is 11.2 Å². The number of hydrogen-bond acceptors (Lipinski definition) is 5. The van der Waals surface area contributed by atoms with Crippen molar-refractivity contribution in [2.24, 2.45) is 7.05 Å². The summed E-state index contributed by atoms with van der Waals surface area (Å²) in [7, 11) is 1.44. The molecule has 3 rings (SSSR count). The summed E-state index contributed by atoms with van der Waals surface area (Å²) in [6.45, 7) is 0. The summed E-state index contributed by atoms with van der Waals surface area (Å²) in [5.74, 6) is -0.624. The van der Waals surface area contributed by atoms with Crippen LogP contribution in [0, 0.1) is 0 Å². The van der Waals surface area contributed by atoms with E-state index < -0.39 is 29.3 Å². The molecule has 0 aliphatic heterocycles. The van der Waals surface area contributed by atoms with Crippen molar-refractivity contribution in [3.05, 3.63) is 50.9 Å². The monoisotopic (exact) mass is 397 g/mol. The number of halogens is 3. The lowest BCUT2D eigenvalue weighted by molar-refractivity contribution is -0.274. The van der Waals surface area contributed by atoms with E-state index in [1.807, 2.05) is 0 Å². The molecule has 0 saturated heterocycles. The predicted molar refractivity (Wildman–Crippen MR) is 92.0 cm³/mol. The highest BCUT2D eigenvalue weighted by Gasteiger charge is 2.31. The van der Waals surface area contributed by atoms with Crippen molar-refractivity contribution in [1.29, 1.82) is 0 Å². The lowest BCUT2D eigenvalue weighted by Crippen LogP contribution is -2.28. The zero-order valence-electron chi connectivity index (χ0n) is 14.4. The number of anilines is 1. The maximum absolute atomic E-state index is 12.2. The first kappa shape index (κ1) is 19.2. The number of carbonyl (C=O) groups excluding carboxylic acids is 1. The lowest BCUT2D eigenvalue weighted by Gasteiger charge is -2.10. The Morgan fingerprint density at radius 3 is 2.75 bits per heavy atom. The smallest absolute Gasteiger partial charge is 0.406 e. The highest BCUT2D eigenvalue weighted by Crippen LogP contribution is 2.25. The zero-order valence-corrected chi connectivity index (χ0v) is 14.4. The Labute approximate surface area is 154 Å². The van der Waals surface area contributed by atoms with Crippen LogP contribution in [0.5, 0.6) is 5.75 Å². The molecule has 3 N–H and O–H groups in total. The highest BCUT2D eigenvalue weighted by atomic mass is 19.4. The Bertz CT molecular complexity index is 1150. The van der Waals surface area contributed by atoms with Gasteiger partial charge in [0.25, 0.3) is 5.56 Å². The summed E-state index contributed by atoms with van der Waals surface area (Å²) >= 11 is 0. The van der Waals surface area contributed by atoms with Gasteiger partial charge in [-0.3, -0.25) is 19.1 Å². The normalized spacial score (nSPS) is 11.6. The van der Waals surface area contributed by atoms with Gasteiger partial charge in [0, 0.05) is 31.6 Å². The molecule has 9 nitrogen and oxygen atoms in total. The average Bonchev–Trinajstić information content (AvgIpc) is 3.02. The van der Waals surface area contributed by atoms with Crippen LogP contribution in [-0.4, -0.2) is 31.8 Å². The molecule has 0 spiro atoms. The van der Waals surface area contributed by atoms with Gasteiger partial charge in [-0.2, -0.15) is 0 Å². The topological polar surface area (TPSA) is 122 Å². The van der Waals surface area contributed by atoms with Crippen LogP contribution in [0.2, 0.25) is 0 Å². The van der Waals surface area contributed by atoms with Crippen LogP contribution in [0.3, 0.4) is 0 Å². The average molecular weight is 397 g/mol. The number of aromatic amines is 2. The van der Waals surface area contributed by atoms with E-state index in [0.717, 1.165) is 16.7 Å². The molecule has 1 amide bonds. The molecule has 0 radical (unpaired) electrons. The van der Waals surface area contributed by atoms with E-state index in [4.69, 9.17) is 0 Å². The van der Waals surface area contributed by atoms with Crippen molar-refractivity contribution in [1.82, 2.24) is 19.5 Å². The van der Waals surface area contributed by atoms with Gasteiger partial charge >= 0.3 is 12.1 Å². The molecule has 1 aromatic carbocycles. The molecular weight excluding hydrogens is 383 g/mol. The number of benzene rings is 1. The van der Waals surface area contributed by atoms with Gasteiger partial charge in [-0.05, 0) is 12.1 Å². The van der Waals surface area contributed by atoms with E-state index in [0.29, 0.717) is 5.82 Å². The second-order valence-electron chi connectivity index (χ2n) is 5.82. The van der Waals surface area contributed by atoms with Gasteiger partial charge in [0.15, 0.2) is 5.65 Å². The van der Waals surface area contributed by atoms with E-state index >= 15 is 0 Å². The quantitative estimate of drug-likeness (QED) is 0.601. The third kappa shape index (κ3) is 4.39. The maximum Gasteiger partial charge on any atom is 0.573 e. The molecule has 28 heavy (non-hydrogen) atoms. The predicted octanol–water partition coefficient (Wildman–Crippen LogP) is 1.42. The Morgan fingerprint density at radius 2 is 2.04 bits per heavy atom. The minimum Gasteiger partial charge on any atom is -0.406 e. The van der Waals surface area contributed by atoms with Crippen LogP contribution in [0.4, 0.5) is 18.9 Å². The van der Waals surface area contributed by atoms with Crippen molar-refractivity contribution in [3.63, 3.8) is 0 Å². The van der Waals surface area contributed by atoms with Crippen LogP contribution in [0.15, 0.2) is 33.9 Å². The Kier molecular flexibility index (Phi) is 4.94. The molecule has 0 bridgehead atoms. The number of alkyl halides is 3. The number of aryl methyl sites for hydroxylation is 2. The van der Waals surface area contributed by atoms with E-state index in [2.05, 4.69) is 25.0 Å². The summed E-state index contributed by atoms with van der Waals surface area (Å²) in [5, 5.41) is 2.45. The Morgan fingerprint density at radius 1 is 1.29 bits per heavy atom. The first-order chi connectivity index (χ1) is 13.1. The molecule has 0 fully saturated rings. The van der Waals surface area contributed by atoms with Gasteiger partial charge in [-0.15, -0.1) is 13.2 Å². The standard InChI is InChI=1S/C16H14F3N5O4/c1-24-13-12(14(26)23-15(24)27)21-10(22-13)5-6-11(25)20-8-3-2-4-9(7-8)28-16(17,18)19/h2-4,7H,5-6H2,1H3,(H,20,25)(H,21,22)(H,23,26,27). The second-order valence-corrected chi connectivity index (χ2v) is 5.82. The van der Waals surface area contributed by atoms with Gasteiger partial charge in [0.2, 0.25) is 5.91 Å². The fourth-order valence-electron chi connectivity index (χ4n) is 2.50. The van der Waals surface area contributed by atoms with Gasteiger partial charge < -0.3 is 15.0 Å². The molecule has 0 atom stereocenters. The zero-order chi connectivity index (χ0) is 20.5. The van der Waals surface area contributed by atoms with E-state index in [-0.39, 0.29) is 29.7 Å². The summed E-state index contributed by atoms with van der Waals surface area (Å²) in [5.41, 5.74) is -0.845. The van der Waals surface area contributed by atoms with Crippen molar-refractivity contribution in [2.75, 3.05) is 5.32 Å². The fraction of sp³-hybridized carbons (Fsp3) is 0.250. The Balaban J connectivity index is 1.67. The number of amides is 1. The number of fused-ring (bicyclic) bond motifs is 1. The van der Waals surface area contributed by atoms with Gasteiger partial charge in [0.1, 0.15) is 17.1 Å². The van der Waals surface area contributed by atoms with E-state index in [9.17, 15) is 27.6 Å². The summed E-state index contributed by atoms with van der Waals surface area (Å²) in [6, 6.07) is 4.88. The number of rotatable bonds is 5. The largest absolute Gasteiger partial charge is 0.573 e. The molecule has 2 heterocycles. The van der Waals surface area contributed by atoms with Crippen molar-refractivity contribution >= 4 is 22.8 Å². The summed E-state index contributed by atoms with van der Waals surface area (Å²) in [6.07, 6.45) is -4.77. The number of nitrogens with one attached hydrogen (secondary N) is 3. The number of carbonyl (C=O) groups is 1. The molecule has 0 saturated carbocycles. The van der Waals surface area contributed by atoms with Crippen molar-refractivity contribution < 1.29 is 22.7 Å². The molecule has 3 aromatic rings. The number of imidazole rings is 1. The molecular formula is C16H14F3N5O4. The molecule has 12 heteroatoms. The number of hydrogen-bond donors (Lipinski definition) is 3. The van der Waals surface area contributed by atoms with Crippen LogP contribution < -0.4 is 21.3 Å². The molecule has 0 aliphatic carbocycles. The van der Waals surface area contributed by atoms with Gasteiger partial charge in [0.05, 0.1) is 0 Å². The van der Waals surface area contributed by atoms with Crippen LogP contribution in [-0.2, 0) is 18.3 Å². The molecule has 0 aliphatic rings. The summed E-state index contributed by atoms with van der Waals surface area (Å²) in [4.78, 5) is 44.4. The maximum atomic E-state index is 12.2. The molecule has 148 valence electrons.